The predicted molar refractivity (Wildman–Crippen MR) is 110 cm³/mol. The number of amides is 1. The standard InChI is InChI=1S/C22H18N4O4/c1-13-2-4-14(5-3-13)16-10-19-18(20(27)11-16)12-23-22(24-19)25-21(28)15-6-8-17(9-7-15)26(29)30/h2-9,12,16H,10-11H2,1H3,(H,23,24,25,28). The van der Waals surface area contributed by atoms with Crippen molar-refractivity contribution in [1.29, 1.82) is 0 Å². The fourth-order valence-corrected chi connectivity index (χ4v) is 3.49. The molecule has 0 radical (unpaired) electrons. The SMILES string of the molecule is Cc1ccc(C2CC(=O)c3cnc(NC(=O)c4ccc([N+](=O)[O-])cc4)nc3C2)cc1. The molecular formula is C22H18N4O4. The van der Waals surface area contributed by atoms with Crippen LogP contribution in [0.3, 0.4) is 0 Å². The Labute approximate surface area is 172 Å². The molecule has 1 N–H and O–H groups in total. The zero-order valence-corrected chi connectivity index (χ0v) is 16.2. The number of hydrogen-bond acceptors (Lipinski definition) is 6. The van der Waals surface area contributed by atoms with Crippen LogP contribution < -0.4 is 5.32 Å². The molecule has 0 bridgehead atoms. The highest BCUT2D eigenvalue weighted by atomic mass is 16.6. The van der Waals surface area contributed by atoms with E-state index in [9.17, 15) is 19.7 Å². The number of benzene rings is 2. The Hall–Kier alpha value is -3.94. The number of Topliss-reactive ketones (excluding diaryl/α,β-unsaturated/α-hetero) is 1. The monoisotopic (exact) mass is 402 g/mol. The summed E-state index contributed by atoms with van der Waals surface area (Å²) >= 11 is 0. The van der Waals surface area contributed by atoms with Crippen molar-refractivity contribution < 1.29 is 14.5 Å². The normalized spacial score (nSPS) is 15.4. The number of nitrogens with one attached hydrogen (secondary N) is 1. The molecule has 1 amide bonds. The molecule has 4 rings (SSSR count). The lowest BCUT2D eigenvalue weighted by atomic mass is 9.82. The number of nitro groups is 1. The minimum absolute atomic E-state index is 0.0185. The molecule has 8 heteroatoms. The molecule has 0 fully saturated rings. The van der Waals surface area contributed by atoms with Crippen LogP contribution in [0.2, 0.25) is 0 Å². The number of fused-ring (bicyclic) bond motifs is 1. The zero-order valence-electron chi connectivity index (χ0n) is 16.2. The molecule has 8 nitrogen and oxygen atoms in total. The van der Waals surface area contributed by atoms with Crippen LogP contribution in [0.15, 0.2) is 54.7 Å². The van der Waals surface area contributed by atoms with Crippen molar-refractivity contribution in [3.05, 3.63) is 92.8 Å². The van der Waals surface area contributed by atoms with Crippen LogP contribution in [0.5, 0.6) is 0 Å². The fourth-order valence-electron chi connectivity index (χ4n) is 3.49. The lowest BCUT2D eigenvalue weighted by Gasteiger charge is -2.23. The van der Waals surface area contributed by atoms with E-state index in [1.165, 1.54) is 30.5 Å². The first kappa shape index (κ1) is 19.4. The van der Waals surface area contributed by atoms with Crippen LogP contribution in [0.4, 0.5) is 11.6 Å². The minimum atomic E-state index is -0.532. The van der Waals surface area contributed by atoms with Gasteiger partial charge >= 0.3 is 0 Å². The number of non-ortho nitro benzene ring substituents is 1. The molecule has 0 spiro atoms. The van der Waals surface area contributed by atoms with E-state index in [0.29, 0.717) is 24.1 Å². The van der Waals surface area contributed by atoms with Crippen LogP contribution in [-0.2, 0) is 6.42 Å². The fraction of sp³-hybridized carbons (Fsp3) is 0.182. The molecule has 0 aliphatic heterocycles. The van der Waals surface area contributed by atoms with Crippen LogP contribution in [0.1, 0.15) is 49.9 Å². The van der Waals surface area contributed by atoms with Gasteiger partial charge in [0, 0.05) is 30.3 Å². The summed E-state index contributed by atoms with van der Waals surface area (Å²) in [5.41, 5.74) is 3.46. The molecule has 1 aromatic heterocycles. The van der Waals surface area contributed by atoms with Gasteiger partial charge in [-0.3, -0.25) is 25.0 Å². The van der Waals surface area contributed by atoms with Crippen molar-refractivity contribution in [2.45, 2.75) is 25.7 Å². The van der Waals surface area contributed by atoms with Crippen molar-refractivity contribution in [3.8, 4) is 0 Å². The summed E-state index contributed by atoms with van der Waals surface area (Å²) in [6, 6.07) is 13.3. The first-order valence-electron chi connectivity index (χ1n) is 9.42. The second-order valence-electron chi connectivity index (χ2n) is 7.25. The molecule has 1 atom stereocenters. The van der Waals surface area contributed by atoms with Gasteiger partial charge in [-0.1, -0.05) is 29.8 Å². The maximum Gasteiger partial charge on any atom is 0.269 e. The summed E-state index contributed by atoms with van der Waals surface area (Å²) in [6.07, 6.45) is 2.42. The number of hydrogen-bond donors (Lipinski definition) is 1. The first-order chi connectivity index (χ1) is 14.4. The molecule has 1 heterocycles. The first-order valence-corrected chi connectivity index (χ1v) is 9.42. The largest absolute Gasteiger partial charge is 0.294 e. The van der Waals surface area contributed by atoms with Gasteiger partial charge in [0.25, 0.3) is 11.6 Å². The van der Waals surface area contributed by atoms with E-state index >= 15 is 0 Å². The molecule has 1 unspecified atom stereocenters. The molecule has 1 aliphatic carbocycles. The third kappa shape index (κ3) is 3.93. The van der Waals surface area contributed by atoms with Gasteiger partial charge in [-0.25, -0.2) is 9.97 Å². The lowest BCUT2D eigenvalue weighted by molar-refractivity contribution is -0.384. The third-order valence-electron chi connectivity index (χ3n) is 5.15. The van der Waals surface area contributed by atoms with Crippen LogP contribution in [-0.4, -0.2) is 26.6 Å². The Balaban J connectivity index is 1.54. The third-order valence-corrected chi connectivity index (χ3v) is 5.15. The van der Waals surface area contributed by atoms with Gasteiger partial charge in [-0.05, 0) is 37.0 Å². The molecule has 0 saturated heterocycles. The molecular weight excluding hydrogens is 384 g/mol. The number of nitro benzene ring substituents is 1. The van der Waals surface area contributed by atoms with Gasteiger partial charge < -0.3 is 0 Å². The zero-order chi connectivity index (χ0) is 21.3. The molecule has 30 heavy (non-hydrogen) atoms. The topological polar surface area (TPSA) is 115 Å². The Morgan fingerprint density at radius 3 is 2.47 bits per heavy atom. The van der Waals surface area contributed by atoms with E-state index < -0.39 is 10.8 Å². The van der Waals surface area contributed by atoms with Crippen molar-refractivity contribution in [1.82, 2.24) is 9.97 Å². The van der Waals surface area contributed by atoms with Crippen molar-refractivity contribution >= 4 is 23.3 Å². The van der Waals surface area contributed by atoms with Crippen LogP contribution >= 0.6 is 0 Å². The van der Waals surface area contributed by atoms with Gasteiger partial charge in [0.05, 0.1) is 16.2 Å². The maximum absolute atomic E-state index is 12.6. The summed E-state index contributed by atoms with van der Waals surface area (Å²) in [7, 11) is 0. The summed E-state index contributed by atoms with van der Waals surface area (Å²) in [6.45, 7) is 2.01. The highest BCUT2D eigenvalue weighted by Crippen LogP contribution is 2.32. The lowest BCUT2D eigenvalue weighted by Crippen LogP contribution is -2.22. The number of carbonyl (C=O) groups is 2. The van der Waals surface area contributed by atoms with Crippen molar-refractivity contribution in [2.75, 3.05) is 5.32 Å². The number of nitrogens with zero attached hydrogens (tertiary/aromatic N) is 3. The van der Waals surface area contributed by atoms with E-state index in [2.05, 4.69) is 15.3 Å². The Kier molecular flexibility index (Phi) is 5.05. The van der Waals surface area contributed by atoms with Gasteiger partial charge in [0.2, 0.25) is 5.95 Å². The average Bonchev–Trinajstić information content (AvgIpc) is 2.74. The predicted octanol–water partition coefficient (Wildman–Crippen LogP) is 3.86. The summed E-state index contributed by atoms with van der Waals surface area (Å²) in [5.74, 6) is -0.384. The molecule has 150 valence electrons. The summed E-state index contributed by atoms with van der Waals surface area (Å²) in [4.78, 5) is 43.7. The number of ketones is 1. The molecule has 1 aliphatic rings. The van der Waals surface area contributed by atoms with Crippen LogP contribution in [0, 0.1) is 17.0 Å². The number of aromatic nitrogens is 2. The quantitative estimate of drug-likeness (QED) is 0.523. The van der Waals surface area contributed by atoms with Gasteiger partial charge in [-0.15, -0.1) is 0 Å². The van der Waals surface area contributed by atoms with Gasteiger partial charge in [0.15, 0.2) is 5.78 Å². The summed E-state index contributed by atoms with van der Waals surface area (Å²) in [5, 5.41) is 13.3. The molecule has 0 saturated carbocycles. The van der Waals surface area contributed by atoms with Crippen LogP contribution in [0.25, 0.3) is 0 Å². The second-order valence-corrected chi connectivity index (χ2v) is 7.25. The number of rotatable bonds is 4. The van der Waals surface area contributed by atoms with E-state index in [0.717, 1.165) is 11.1 Å². The smallest absolute Gasteiger partial charge is 0.269 e. The van der Waals surface area contributed by atoms with Gasteiger partial charge in [-0.2, -0.15) is 0 Å². The highest BCUT2D eigenvalue weighted by molar-refractivity contribution is 6.03. The highest BCUT2D eigenvalue weighted by Gasteiger charge is 2.28. The Morgan fingerprint density at radius 2 is 1.80 bits per heavy atom. The Morgan fingerprint density at radius 1 is 1.10 bits per heavy atom. The number of anilines is 1. The minimum Gasteiger partial charge on any atom is -0.294 e. The molecule has 2 aromatic carbocycles. The van der Waals surface area contributed by atoms with Crippen molar-refractivity contribution in [2.24, 2.45) is 0 Å². The molecule has 3 aromatic rings. The average molecular weight is 402 g/mol. The number of aryl methyl sites for hydroxylation is 1. The van der Waals surface area contributed by atoms with Crippen molar-refractivity contribution in [3.63, 3.8) is 0 Å². The van der Waals surface area contributed by atoms with E-state index in [-0.39, 0.29) is 28.9 Å². The second kappa shape index (κ2) is 7.82. The van der Waals surface area contributed by atoms with E-state index in [4.69, 9.17) is 0 Å². The van der Waals surface area contributed by atoms with E-state index in [1.54, 1.807) is 0 Å². The Bertz CT molecular complexity index is 1140. The maximum atomic E-state index is 12.6. The van der Waals surface area contributed by atoms with Gasteiger partial charge in [0.1, 0.15) is 0 Å². The van der Waals surface area contributed by atoms with E-state index in [1.807, 2.05) is 31.2 Å². The number of carbonyl (C=O) groups excluding carboxylic acids is 2. The summed E-state index contributed by atoms with van der Waals surface area (Å²) < 4.78 is 0.